The molecular weight excluding hydrogens is 456 g/mol. The van der Waals surface area contributed by atoms with Gasteiger partial charge in [0.1, 0.15) is 17.0 Å². The van der Waals surface area contributed by atoms with Gasteiger partial charge in [-0.15, -0.1) is 0 Å². The quantitative estimate of drug-likeness (QED) is 0.543. The number of amides is 3. The maximum Gasteiger partial charge on any atom is 0.273 e. The molecule has 0 spiro atoms. The number of anilines is 1. The van der Waals surface area contributed by atoms with Crippen LogP contribution in [0.1, 0.15) is 83.1 Å². The monoisotopic (exact) mass is 496 g/mol. The Morgan fingerprint density at radius 2 is 1.86 bits per heavy atom. The molecule has 8 nitrogen and oxygen atoms in total. The summed E-state index contributed by atoms with van der Waals surface area (Å²) in [4.78, 5) is 42.0. The smallest absolute Gasteiger partial charge is 0.273 e. The summed E-state index contributed by atoms with van der Waals surface area (Å²) in [6, 6.07) is 5.71. The molecule has 1 aromatic carbocycles. The second-order valence-electron chi connectivity index (χ2n) is 10.9. The van der Waals surface area contributed by atoms with Crippen molar-refractivity contribution < 1.29 is 19.1 Å². The highest BCUT2D eigenvalue weighted by molar-refractivity contribution is 6.14. The summed E-state index contributed by atoms with van der Waals surface area (Å²) in [5, 5.41) is 6.92. The van der Waals surface area contributed by atoms with Crippen LogP contribution in [0, 0.1) is 5.92 Å². The van der Waals surface area contributed by atoms with Crippen LogP contribution >= 0.6 is 0 Å². The topological polar surface area (TPSA) is 92.7 Å². The molecule has 8 heteroatoms. The van der Waals surface area contributed by atoms with Crippen LogP contribution in [-0.4, -0.2) is 52.4 Å². The van der Waals surface area contributed by atoms with Gasteiger partial charge < -0.3 is 24.8 Å². The maximum atomic E-state index is 14.2. The molecule has 0 bridgehead atoms. The fourth-order valence-electron chi connectivity index (χ4n) is 5.59. The molecule has 0 saturated heterocycles. The normalized spacial score (nSPS) is 20.8. The lowest BCUT2D eigenvalue weighted by atomic mass is 9.92. The Morgan fingerprint density at radius 3 is 2.47 bits per heavy atom. The van der Waals surface area contributed by atoms with Crippen LogP contribution in [-0.2, 0) is 16.1 Å². The second kappa shape index (κ2) is 10.5. The minimum atomic E-state index is -1.05. The second-order valence-corrected chi connectivity index (χ2v) is 10.9. The number of aromatic nitrogens is 1. The zero-order valence-corrected chi connectivity index (χ0v) is 22.3. The van der Waals surface area contributed by atoms with Crippen molar-refractivity contribution in [3.8, 4) is 5.75 Å². The Balaban J connectivity index is 1.81. The fraction of sp³-hybridized carbons (Fsp3) is 0.607. The van der Waals surface area contributed by atoms with E-state index >= 15 is 0 Å². The van der Waals surface area contributed by atoms with E-state index in [1.165, 1.54) is 19.8 Å². The van der Waals surface area contributed by atoms with Gasteiger partial charge in [0.05, 0.1) is 24.9 Å². The van der Waals surface area contributed by atoms with E-state index in [0.717, 1.165) is 43.0 Å². The van der Waals surface area contributed by atoms with Crippen molar-refractivity contribution in [3.63, 3.8) is 0 Å². The molecule has 1 atom stereocenters. The van der Waals surface area contributed by atoms with Gasteiger partial charge in [0, 0.05) is 24.9 Å². The molecule has 1 aromatic heterocycles. The molecule has 1 aliphatic carbocycles. The summed E-state index contributed by atoms with van der Waals surface area (Å²) in [6.07, 6.45) is 7.38. The van der Waals surface area contributed by atoms with Gasteiger partial charge in [-0.25, -0.2) is 0 Å². The first kappa shape index (κ1) is 26.0. The third-order valence-electron chi connectivity index (χ3n) is 7.69. The molecule has 196 valence electrons. The van der Waals surface area contributed by atoms with Crippen LogP contribution in [0.2, 0.25) is 0 Å². The third-order valence-corrected chi connectivity index (χ3v) is 7.69. The van der Waals surface area contributed by atoms with Crippen molar-refractivity contribution in [2.45, 2.75) is 90.8 Å². The zero-order valence-electron chi connectivity index (χ0n) is 22.3. The number of carbonyl (C=O) groups is 3. The van der Waals surface area contributed by atoms with Crippen LogP contribution in [0.25, 0.3) is 10.9 Å². The summed E-state index contributed by atoms with van der Waals surface area (Å²) in [6.45, 7) is 8.33. The summed E-state index contributed by atoms with van der Waals surface area (Å²) in [7, 11) is 1.59. The highest BCUT2D eigenvalue weighted by Gasteiger charge is 2.49. The summed E-state index contributed by atoms with van der Waals surface area (Å²) < 4.78 is 7.32. The van der Waals surface area contributed by atoms with Crippen LogP contribution in [0.15, 0.2) is 18.2 Å². The van der Waals surface area contributed by atoms with Gasteiger partial charge >= 0.3 is 0 Å². The van der Waals surface area contributed by atoms with E-state index in [0.29, 0.717) is 36.1 Å². The first-order valence-corrected chi connectivity index (χ1v) is 13.3. The minimum Gasteiger partial charge on any atom is -0.497 e. The molecule has 1 aliphatic heterocycles. The van der Waals surface area contributed by atoms with E-state index in [9.17, 15) is 14.4 Å². The van der Waals surface area contributed by atoms with Crippen LogP contribution in [0.3, 0.4) is 0 Å². The predicted octanol–water partition coefficient (Wildman–Crippen LogP) is 4.71. The zero-order chi connectivity index (χ0) is 26.0. The molecule has 36 heavy (non-hydrogen) atoms. The van der Waals surface area contributed by atoms with E-state index in [1.807, 2.05) is 29.7 Å². The van der Waals surface area contributed by atoms with Crippen molar-refractivity contribution in [2.24, 2.45) is 5.92 Å². The van der Waals surface area contributed by atoms with E-state index < -0.39 is 5.54 Å². The predicted molar refractivity (Wildman–Crippen MR) is 141 cm³/mol. The average molecular weight is 497 g/mol. The average Bonchev–Trinajstić information content (AvgIpc) is 2.96. The molecule has 2 heterocycles. The first-order chi connectivity index (χ1) is 17.2. The lowest BCUT2D eigenvalue weighted by Crippen LogP contribution is -2.65. The lowest BCUT2D eigenvalue weighted by molar-refractivity contribution is -0.133. The third kappa shape index (κ3) is 4.95. The number of nitrogens with one attached hydrogen (secondary N) is 2. The summed E-state index contributed by atoms with van der Waals surface area (Å²) in [5.74, 6) is 0.413. The number of methoxy groups -OCH3 is 1. The first-order valence-electron chi connectivity index (χ1n) is 13.3. The minimum absolute atomic E-state index is 0.103. The Kier molecular flexibility index (Phi) is 7.62. The van der Waals surface area contributed by atoms with Crippen molar-refractivity contribution >= 4 is 34.3 Å². The van der Waals surface area contributed by atoms with E-state index in [4.69, 9.17) is 4.74 Å². The maximum absolute atomic E-state index is 14.2. The van der Waals surface area contributed by atoms with E-state index in [1.54, 1.807) is 12.0 Å². The van der Waals surface area contributed by atoms with Crippen molar-refractivity contribution in [3.05, 3.63) is 23.9 Å². The lowest BCUT2D eigenvalue weighted by Gasteiger charge is -2.45. The molecule has 1 unspecified atom stereocenters. The van der Waals surface area contributed by atoms with Crippen LogP contribution in [0.4, 0.5) is 5.69 Å². The van der Waals surface area contributed by atoms with Gasteiger partial charge in [0.25, 0.3) is 5.91 Å². The van der Waals surface area contributed by atoms with E-state index in [2.05, 4.69) is 24.5 Å². The van der Waals surface area contributed by atoms with Crippen molar-refractivity contribution in [2.75, 3.05) is 19.0 Å². The number of benzene rings is 1. The Morgan fingerprint density at radius 1 is 1.17 bits per heavy atom. The summed E-state index contributed by atoms with van der Waals surface area (Å²) in [5.41, 5.74) is 0.629. The Labute approximate surface area is 213 Å². The van der Waals surface area contributed by atoms with Gasteiger partial charge in [-0.2, -0.15) is 0 Å². The number of fused-ring (bicyclic) bond motifs is 3. The van der Waals surface area contributed by atoms with Crippen molar-refractivity contribution in [1.82, 2.24) is 14.8 Å². The molecule has 2 aromatic rings. The number of carbonyl (C=O) groups excluding carboxylic acids is 3. The summed E-state index contributed by atoms with van der Waals surface area (Å²) >= 11 is 0. The fourth-order valence-corrected chi connectivity index (χ4v) is 5.59. The molecule has 2 aliphatic rings. The highest BCUT2D eigenvalue weighted by atomic mass is 16.5. The Bertz CT molecular complexity index is 1150. The van der Waals surface area contributed by atoms with Gasteiger partial charge in [-0.05, 0) is 50.3 Å². The van der Waals surface area contributed by atoms with Gasteiger partial charge in [0.2, 0.25) is 11.8 Å². The van der Waals surface area contributed by atoms with Gasteiger partial charge in [-0.3, -0.25) is 14.4 Å². The molecule has 1 fully saturated rings. The number of hydrogen-bond donors (Lipinski definition) is 2. The molecular formula is C28H40N4O4. The molecule has 4 rings (SSSR count). The number of ether oxygens (including phenoxy) is 1. The van der Waals surface area contributed by atoms with Gasteiger partial charge in [-0.1, -0.05) is 39.5 Å². The Hall–Kier alpha value is -3.03. The van der Waals surface area contributed by atoms with E-state index in [-0.39, 0.29) is 23.8 Å². The standard InChI is InChI=1S/C28H40N4O4/c1-18(2)14-15-32-26(34)25-24(29-19(3)33)22-16-21(36-5)12-13-23(22)31(25)17-28(32,4)27(35)30-20-10-8-6-7-9-11-20/h12-13,16,18,20H,6-11,14-15,17H2,1-5H3,(H,29,33)(H,30,35). The molecule has 1 saturated carbocycles. The molecule has 0 radical (unpaired) electrons. The molecule has 2 N–H and O–H groups in total. The van der Waals surface area contributed by atoms with Crippen molar-refractivity contribution in [1.29, 1.82) is 0 Å². The van der Waals surface area contributed by atoms with Crippen LogP contribution < -0.4 is 15.4 Å². The SMILES string of the molecule is COc1ccc2c(c1)c(NC(C)=O)c1n2CC(C)(C(=O)NC2CCCCCC2)N(CCC(C)C)C1=O. The number of hydrogen-bond acceptors (Lipinski definition) is 4. The largest absolute Gasteiger partial charge is 0.497 e. The van der Waals surface area contributed by atoms with Gasteiger partial charge in [0.15, 0.2) is 0 Å². The molecule has 3 amide bonds. The highest BCUT2D eigenvalue weighted by Crippen LogP contribution is 2.40. The van der Waals surface area contributed by atoms with Crippen LogP contribution in [0.5, 0.6) is 5.75 Å². The number of rotatable bonds is 7. The number of nitrogens with zero attached hydrogens (tertiary/aromatic N) is 2.